The van der Waals surface area contributed by atoms with Gasteiger partial charge in [0.15, 0.2) is 0 Å². The molecule has 1 aromatic carbocycles. The molecule has 0 spiro atoms. The van der Waals surface area contributed by atoms with Gasteiger partial charge in [0, 0.05) is 12.7 Å². The lowest BCUT2D eigenvalue weighted by molar-refractivity contribution is 1.06. The largest absolute Gasteiger partial charge is 0.365 e. The Morgan fingerprint density at radius 3 is 2.53 bits per heavy atom. The molecule has 1 heterocycles. The molecule has 2 rings (SSSR count). The van der Waals surface area contributed by atoms with Gasteiger partial charge in [0.1, 0.15) is 12.1 Å². The van der Waals surface area contributed by atoms with E-state index in [1.807, 2.05) is 0 Å². The molecule has 4 heteroatoms. The van der Waals surface area contributed by atoms with Gasteiger partial charge in [-0.3, -0.25) is 0 Å². The van der Waals surface area contributed by atoms with E-state index in [0.717, 1.165) is 23.3 Å². The minimum Gasteiger partial charge on any atom is -0.365 e. The van der Waals surface area contributed by atoms with Gasteiger partial charge in [0.05, 0.1) is 4.47 Å². The topological polar surface area (TPSA) is 37.8 Å². The normalized spacial score (nSPS) is 10.2. The van der Waals surface area contributed by atoms with Gasteiger partial charge in [-0.1, -0.05) is 31.2 Å². The molecule has 1 N–H and O–H groups in total. The minimum absolute atomic E-state index is 0.763. The van der Waals surface area contributed by atoms with E-state index in [-0.39, 0.29) is 0 Å². The van der Waals surface area contributed by atoms with Crippen LogP contribution in [-0.2, 0) is 13.0 Å². The Labute approximate surface area is 109 Å². The molecule has 0 bridgehead atoms. The molecule has 0 amide bonds. The molecule has 0 saturated carbocycles. The molecule has 0 saturated heterocycles. The number of anilines is 1. The number of benzene rings is 1. The van der Waals surface area contributed by atoms with Crippen LogP contribution in [0, 0.1) is 0 Å². The fourth-order valence-corrected chi connectivity index (χ4v) is 1.88. The van der Waals surface area contributed by atoms with Crippen LogP contribution in [0.3, 0.4) is 0 Å². The van der Waals surface area contributed by atoms with Crippen LogP contribution in [0.1, 0.15) is 18.1 Å². The van der Waals surface area contributed by atoms with Crippen LogP contribution < -0.4 is 5.32 Å². The molecule has 1 aromatic heterocycles. The van der Waals surface area contributed by atoms with Gasteiger partial charge >= 0.3 is 0 Å². The molecule has 88 valence electrons. The van der Waals surface area contributed by atoms with Crippen LogP contribution in [0.25, 0.3) is 0 Å². The van der Waals surface area contributed by atoms with Crippen molar-refractivity contribution in [3.8, 4) is 0 Å². The summed E-state index contributed by atoms with van der Waals surface area (Å²) in [6, 6.07) is 8.60. The first-order chi connectivity index (χ1) is 8.29. The fourth-order valence-electron chi connectivity index (χ4n) is 1.52. The number of aryl methyl sites for hydroxylation is 1. The maximum Gasteiger partial charge on any atom is 0.144 e. The highest BCUT2D eigenvalue weighted by atomic mass is 79.9. The molecule has 17 heavy (non-hydrogen) atoms. The van der Waals surface area contributed by atoms with Crippen molar-refractivity contribution in [2.24, 2.45) is 0 Å². The lowest BCUT2D eigenvalue weighted by Crippen LogP contribution is -2.02. The Balaban J connectivity index is 2.00. The van der Waals surface area contributed by atoms with Gasteiger partial charge in [-0.05, 0) is 33.5 Å². The number of nitrogens with one attached hydrogen (secondary N) is 1. The Hall–Kier alpha value is -1.42. The fraction of sp³-hybridized carbons (Fsp3) is 0.231. The molecule has 0 atom stereocenters. The number of halogens is 1. The monoisotopic (exact) mass is 291 g/mol. The Kier molecular flexibility index (Phi) is 4.09. The van der Waals surface area contributed by atoms with Crippen molar-refractivity contribution in [3.05, 3.63) is 52.4 Å². The highest BCUT2D eigenvalue weighted by molar-refractivity contribution is 9.10. The summed E-state index contributed by atoms with van der Waals surface area (Å²) in [6.45, 7) is 2.92. The quantitative estimate of drug-likeness (QED) is 0.938. The second-order valence-electron chi connectivity index (χ2n) is 3.74. The van der Waals surface area contributed by atoms with Crippen molar-refractivity contribution in [2.75, 3.05) is 5.32 Å². The third-order valence-corrected chi connectivity index (χ3v) is 3.14. The van der Waals surface area contributed by atoms with E-state index >= 15 is 0 Å². The van der Waals surface area contributed by atoms with Crippen molar-refractivity contribution < 1.29 is 0 Å². The van der Waals surface area contributed by atoms with Crippen LogP contribution in [0.4, 0.5) is 5.82 Å². The first kappa shape index (κ1) is 12.0. The summed E-state index contributed by atoms with van der Waals surface area (Å²) >= 11 is 3.41. The molecule has 0 unspecified atom stereocenters. The van der Waals surface area contributed by atoms with Gasteiger partial charge in [-0.2, -0.15) is 0 Å². The predicted molar refractivity (Wildman–Crippen MR) is 72.9 cm³/mol. The summed E-state index contributed by atoms with van der Waals surface area (Å²) in [7, 11) is 0. The van der Waals surface area contributed by atoms with Crippen molar-refractivity contribution in [2.45, 2.75) is 19.9 Å². The standard InChI is InChI=1S/C13H14BrN3/c1-2-10-3-5-11(6-4-10)7-16-13-12(14)8-15-9-17-13/h3-6,8-9H,2,7H2,1H3,(H,15,16,17). The van der Waals surface area contributed by atoms with Gasteiger partial charge in [0.25, 0.3) is 0 Å². The summed E-state index contributed by atoms with van der Waals surface area (Å²) in [5.74, 6) is 0.819. The Morgan fingerprint density at radius 2 is 1.88 bits per heavy atom. The smallest absolute Gasteiger partial charge is 0.144 e. The predicted octanol–water partition coefficient (Wildman–Crippen LogP) is 3.41. The van der Waals surface area contributed by atoms with E-state index in [0.29, 0.717) is 0 Å². The second kappa shape index (κ2) is 5.77. The van der Waals surface area contributed by atoms with Crippen molar-refractivity contribution >= 4 is 21.7 Å². The summed E-state index contributed by atoms with van der Waals surface area (Å²) in [5, 5.41) is 3.27. The van der Waals surface area contributed by atoms with Crippen LogP contribution >= 0.6 is 15.9 Å². The summed E-state index contributed by atoms with van der Waals surface area (Å²) in [4.78, 5) is 8.08. The van der Waals surface area contributed by atoms with E-state index in [1.165, 1.54) is 17.5 Å². The molecule has 0 aliphatic carbocycles. The third-order valence-electron chi connectivity index (χ3n) is 2.56. The average molecular weight is 292 g/mol. The van der Waals surface area contributed by atoms with E-state index in [4.69, 9.17) is 0 Å². The molecule has 0 aliphatic heterocycles. The number of nitrogens with zero attached hydrogens (tertiary/aromatic N) is 2. The zero-order valence-electron chi connectivity index (χ0n) is 9.65. The van der Waals surface area contributed by atoms with Crippen LogP contribution in [0.15, 0.2) is 41.3 Å². The van der Waals surface area contributed by atoms with E-state index in [9.17, 15) is 0 Å². The van der Waals surface area contributed by atoms with Gasteiger partial charge in [-0.15, -0.1) is 0 Å². The van der Waals surface area contributed by atoms with Crippen LogP contribution in [0.2, 0.25) is 0 Å². The minimum atomic E-state index is 0.763. The van der Waals surface area contributed by atoms with Crippen LogP contribution in [0.5, 0.6) is 0 Å². The third kappa shape index (κ3) is 3.27. The number of hydrogen-bond donors (Lipinski definition) is 1. The maximum atomic E-state index is 4.16. The lowest BCUT2D eigenvalue weighted by Gasteiger charge is -2.07. The van der Waals surface area contributed by atoms with Crippen molar-refractivity contribution in [1.29, 1.82) is 0 Å². The highest BCUT2D eigenvalue weighted by Crippen LogP contribution is 2.17. The summed E-state index contributed by atoms with van der Waals surface area (Å²) < 4.78 is 0.880. The summed E-state index contributed by atoms with van der Waals surface area (Å²) in [6.07, 6.45) is 4.34. The average Bonchev–Trinajstić information content (AvgIpc) is 2.38. The molecule has 0 aliphatic rings. The summed E-state index contributed by atoms with van der Waals surface area (Å²) in [5.41, 5.74) is 2.60. The number of hydrogen-bond acceptors (Lipinski definition) is 3. The first-order valence-electron chi connectivity index (χ1n) is 5.56. The number of rotatable bonds is 4. The molecule has 0 fully saturated rings. The Morgan fingerprint density at radius 1 is 1.18 bits per heavy atom. The molecular formula is C13H14BrN3. The zero-order valence-corrected chi connectivity index (χ0v) is 11.2. The maximum absolute atomic E-state index is 4.16. The van der Waals surface area contributed by atoms with Crippen molar-refractivity contribution in [1.82, 2.24) is 9.97 Å². The van der Waals surface area contributed by atoms with E-state index in [1.54, 1.807) is 6.20 Å². The molecular weight excluding hydrogens is 278 g/mol. The zero-order chi connectivity index (χ0) is 12.1. The first-order valence-corrected chi connectivity index (χ1v) is 6.36. The van der Waals surface area contributed by atoms with E-state index in [2.05, 4.69) is 62.4 Å². The van der Waals surface area contributed by atoms with Gasteiger partial charge in [-0.25, -0.2) is 9.97 Å². The van der Waals surface area contributed by atoms with Crippen molar-refractivity contribution in [3.63, 3.8) is 0 Å². The highest BCUT2D eigenvalue weighted by Gasteiger charge is 2.00. The molecule has 2 aromatic rings. The molecule has 3 nitrogen and oxygen atoms in total. The van der Waals surface area contributed by atoms with E-state index < -0.39 is 0 Å². The number of aromatic nitrogens is 2. The molecule has 0 radical (unpaired) electrons. The SMILES string of the molecule is CCc1ccc(CNc2ncncc2Br)cc1. The Bertz CT molecular complexity index is 482. The van der Waals surface area contributed by atoms with Gasteiger partial charge in [0.2, 0.25) is 0 Å². The van der Waals surface area contributed by atoms with Gasteiger partial charge < -0.3 is 5.32 Å². The lowest BCUT2D eigenvalue weighted by atomic mass is 10.1. The van der Waals surface area contributed by atoms with Crippen LogP contribution in [-0.4, -0.2) is 9.97 Å². The second-order valence-corrected chi connectivity index (χ2v) is 4.60.